The molecule has 0 bridgehead atoms. The number of carbonyl (C=O) groups is 1. The minimum Gasteiger partial charge on any atom is -0.464 e. The molecule has 0 fully saturated rings. The molecule has 0 aromatic heterocycles. The highest BCUT2D eigenvalue weighted by Crippen LogP contribution is 2.21. The first kappa shape index (κ1) is 18.4. The van der Waals surface area contributed by atoms with E-state index in [0.29, 0.717) is 19.8 Å². The van der Waals surface area contributed by atoms with Gasteiger partial charge >= 0.3 is 5.97 Å². The van der Waals surface area contributed by atoms with E-state index in [0.717, 1.165) is 19.4 Å². The van der Waals surface area contributed by atoms with Crippen LogP contribution in [0.2, 0.25) is 0 Å². The maximum Gasteiger partial charge on any atom is 0.311 e. The number of nitrogens with one attached hydrogen (secondary N) is 1. The molecule has 0 radical (unpaired) electrons. The molecule has 0 saturated carbocycles. The van der Waals surface area contributed by atoms with E-state index in [2.05, 4.69) is 26.1 Å². The van der Waals surface area contributed by atoms with Crippen LogP contribution in [-0.2, 0) is 14.3 Å². The van der Waals surface area contributed by atoms with Crippen molar-refractivity contribution in [3.05, 3.63) is 0 Å². The lowest BCUT2D eigenvalue weighted by Crippen LogP contribution is -2.32. The second kappa shape index (κ2) is 8.54. The fourth-order valence-electron chi connectivity index (χ4n) is 1.18. The van der Waals surface area contributed by atoms with Crippen LogP contribution in [0.3, 0.4) is 0 Å². The molecule has 0 amide bonds. The number of esters is 1. The summed E-state index contributed by atoms with van der Waals surface area (Å²) in [5.41, 5.74) is -0.437. The average molecular weight is 273 g/mol. The molecule has 0 saturated heterocycles. The zero-order valence-corrected chi connectivity index (χ0v) is 13.5. The van der Waals surface area contributed by atoms with Gasteiger partial charge in [0, 0.05) is 13.1 Å². The number of rotatable bonds is 10. The highest BCUT2D eigenvalue weighted by molar-refractivity contribution is 5.75. The summed E-state index contributed by atoms with van der Waals surface area (Å²) in [5.74, 6) is -0.125. The standard InChI is InChI=1S/C15H31NO3/c1-7-14(3,4)13(17)18-11-9-16-10-12-19-15(5,6)8-2/h16H,7-12H2,1-6H3. The van der Waals surface area contributed by atoms with Crippen molar-refractivity contribution in [3.63, 3.8) is 0 Å². The Morgan fingerprint density at radius 1 is 1.00 bits per heavy atom. The Kier molecular flexibility index (Phi) is 8.26. The van der Waals surface area contributed by atoms with E-state index in [1.165, 1.54) is 0 Å². The molecule has 114 valence electrons. The maximum atomic E-state index is 11.7. The van der Waals surface area contributed by atoms with E-state index < -0.39 is 0 Å². The van der Waals surface area contributed by atoms with Gasteiger partial charge in [0.15, 0.2) is 0 Å². The van der Waals surface area contributed by atoms with Crippen LogP contribution in [0.4, 0.5) is 0 Å². The monoisotopic (exact) mass is 273 g/mol. The SMILES string of the molecule is CCC(C)(C)OCCNCCOC(=O)C(C)(C)CC. The van der Waals surface area contributed by atoms with Gasteiger partial charge in [-0.05, 0) is 40.5 Å². The highest BCUT2D eigenvalue weighted by Gasteiger charge is 2.26. The molecule has 0 atom stereocenters. The van der Waals surface area contributed by atoms with E-state index >= 15 is 0 Å². The predicted molar refractivity (Wildman–Crippen MR) is 78.2 cm³/mol. The van der Waals surface area contributed by atoms with Gasteiger partial charge in [0.25, 0.3) is 0 Å². The molecule has 19 heavy (non-hydrogen) atoms. The van der Waals surface area contributed by atoms with Gasteiger partial charge < -0.3 is 14.8 Å². The zero-order chi connectivity index (χ0) is 14.9. The van der Waals surface area contributed by atoms with Crippen molar-refractivity contribution in [1.82, 2.24) is 5.32 Å². The van der Waals surface area contributed by atoms with Crippen molar-refractivity contribution in [2.45, 2.75) is 60.0 Å². The van der Waals surface area contributed by atoms with Gasteiger partial charge in [-0.25, -0.2) is 0 Å². The van der Waals surface area contributed by atoms with Crippen molar-refractivity contribution >= 4 is 5.97 Å². The number of carbonyl (C=O) groups excluding carboxylic acids is 1. The first-order valence-corrected chi connectivity index (χ1v) is 7.27. The molecule has 0 rings (SSSR count). The Morgan fingerprint density at radius 2 is 1.58 bits per heavy atom. The van der Waals surface area contributed by atoms with Crippen LogP contribution < -0.4 is 5.32 Å². The summed E-state index contributed by atoms with van der Waals surface area (Å²) in [4.78, 5) is 11.7. The minimum atomic E-state index is -0.381. The van der Waals surface area contributed by atoms with Crippen LogP contribution in [-0.4, -0.2) is 37.9 Å². The van der Waals surface area contributed by atoms with E-state index in [-0.39, 0.29) is 17.0 Å². The lowest BCUT2D eigenvalue weighted by molar-refractivity contribution is -0.153. The van der Waals surface area contributed by atoms with Crippen LogP contribution >= 0.6 is 0 Å². The Hall–Kier alpha value is -0.610. The molecular formula is C15H31NO3. The molecule has 0 aliphatic heterocycles. The van der Waals surface area contributed by atoms with Gasteiger partial charge in [0.2, 0.25) is 0 Å². The molecule has 0 aromatic rings. The van der Waals surface area contributed by atoms with Crippen molar-refractivity contribution in [2.24, 2.45) is 5.41 Å². The van der Waals surface area contributed by atoms with E-state index in [4.69, 9.17) is 9.47 Å². The third-order valence-corrected chi connectivity index (χ3v) is 3.57. The molecule has 4 heteroatoms. The normalized spacial score (nSPS) is 12.5. The van der Waals surface area contributed by atoms with Crippen LogP contribution in [0.1, 0.15) is 54.4 Å². The van der Waals surface area contributed by atoms with E-state index in [9.17, 15) is 4.79 Å². The summed E-state index contributed by atoms with van der Waals surface area (Å²) in [7, 11) is 0. The number of hydrogen-bond acceptors (Lipinski definition) is 4. The van der Waals surface area contributed by atoms with Crippen LogP contribution in [0.25, 0.3) is 0 Å². The Morgan fingerprint density at radius 3 is 2.11 bits per heavy atom. The fraction of sp³-hybridized carbons (Fsp3) is 0.933. The summed E-state index contributed by atoms with van der Waals surface area (Å²) >= 11 is 0. The van der Waals surface area contributed by atoms with Crippen molar-refractivity contribution < 1.29 is 14.3 Å². The van der Waals surface area contributed by atoms with Gasteiger partial charge in [0.1, 0.15) is 6.61 Å². The second-order valence-electron chi connectivity index (χ2n) is 6.09. The Bertz CT molecular complexity index is 262. The molecule has 0 aliphatic rings. The highest BCUT2D eigenvalue weighted by atomic mass is 16.5. The summed E-state index contributed by atoms with van der Waals surface area (Å²) in [5, 5.41) is 3.20. The zero-order valence-electron chi connectivity index (χ0n) is 13.5. The lowest BCUT2D eigenvalue weighted by Gasteiger charge is -2.23. The molecule has 0 unspecified atom stereocenters. The van der Waals surface area contributed by atoms with Gasteiger partial charge in [0.05, 0.1) is 17.6 Å². The topological polar surface area (TPSA) is 47.6 Å². The van der Waals surface area contributed by atoms with Crippen molar-refractivity contribution in [3.8, 4) is 0 Å². The fourth-order valence-corrected chi connectivity index (χ4v) is 1.18. The quantitative estimate of drug-likeness (QED) is 0.491. The molecule has 0 spiro atoms. The molecule has 0 heterocycles. The first-order chi connectivity index (χ1) is 8.75. The van der Waals surface area contributed by atoms with Gasteiger partial charge in [-0.3, -0.25) is 4.79 Å². The van der Waals surface area contributed by atoms with Crippen LogP contribution in [0.15, 0.2) is 0 Å². The molecular weight excluding hydrogens is 242 g/mol. The van der Waals surface area contributed by atoms with Gasteiger partial charge in [-0.2, -0.15) is 0 Å². The first-order valence-electron chi connectivity index (χ1n) is 7.27. The van der Waals surface area contributed by atoms with Crippen LogP contribution in [0, 0.1) is 5.41 Å². The predicted octanol–water partition coefficient (Wildman–Crippen LogP) is 2.76. The van der Waals surface area contributed by atoms with Gasteiger partial charge in [-0.15, -0.1) is 0 Å². The number of hydrogen-bond donors (Lipinski definition) is 1. The third kappa shape index (κ3) is 8.22. The largest absolute Gasteiger partial charge is 0.464 e. The molecule has 0 aliphatic carbocycles. The van der Waals surface area contributed by atoms with Crippen LogP contribution in [0.5, 0.6) is 0 Å². The average Bonchev–Trinajstić information content (AvgIpc) is 2.37. The Labute approximate surface area is 118 Å². The molecule has 4 nitrogen and oxygen atoms in total. The third-order valence-electron chi connectivity index (χ3n) is 3.57. The number of ether oxygens (including phenoxy) is 2. The maximum absolute atomic E-state index is 11.7. The molecule has 1 N–H and O–H groups in total. The smallest absolute Gasteiger partial charge is 0.311 e. The Balaban J connectivity index is 3.54. The van der Waals surface area contributed by atoms with Gasteiger partial charge in [-0.1, -0.05) is 13.8 Å². The summed E-state index contributed by atoms with van der Waals surface area (Å²) in [6.45, 7) is 14.6. The summed E-state index contributed by atoms with van der Waals surface area (Å²) < 4.78 is 10.9. The summed E-state index contributed by atoms with van der Waals surface area (Å²) in [6, 6.07) is 0. The lowest BCUT2D eigenvalue weighted by atomic mass is 9.91. The van der Waals surface area contributed by atoms with Crippen molar-refractivity contribution in [2.75, 3.05) is 26.3 Å². The van der Waals surface area contributed by atoms with E-state index in [1.807, 2.05) is 20.8 Å². The summed E-state index contributed by atoms with van der Waals surface area (Å²) in [6.07, 6.45) is 1.79. The van der Waals surface area contributed by atoms with Crippen molar-refractivity contribution in [1.29, 1.82) is 0 Å². The molecule has 0 aromatic carbocycles. The minimum absolute atomic E-state index is 0.0563. The second-order valence-corrected chi connectivity index (χ2v) is 6.09. The van der Waals surface area contributed by atoms with E-state index in [1.54, 1.807) is 0 Å².